The van der Waals surface area contributed by atoms with Gasteiger partial charge in [-0.25, -0.2) is 0 Å². The van der Waals surface area contributed by atoms with E-state index in [1.165, 1.54) is 0 Å². The fourth-order valence-electron chi connectivity index (χ4n) is 1.49. The lowest BCUT2D eigenvalue weighted by atomic mass is 10.3. The largest absolute Gasteiger partial charge is 0.326 e. The Balaban J connectivity index is 2.00. The van der Waals surface area contributed by atoms with Gasteiger partial charge in [0.25, 0.3) is 0 Å². The number of nitrogens with one attached hydrogen (secondary N) is 1. The van der Waals surface area contributed by atoms with Crippen LogP contribution in [0.1, 0.15) is 13.3 Å². The minimum atomic E-state index is 0.111. The van der Waals surface area contributed by atoms with Crippen molar-refractivity contribution in [2.45, 2.75) is 13.3 Å². The zero-order valence-electron chi connectivity index (χ0n) is 7.96. The van der Waals surface area contributed by atoms with Crippen molar-refractivity contribution in [2.24, 2.45) is 11.8 Å². The van der Waals surface area contributed by atoms with Crippen LogP contribution in [-0.4, -0.2) is 5.91 Å². The van der Waals surface area contributed by atoms with Crippen LogP contribution in [0.25, 0.3) is 0 Å². The van der Waals surface area contributed by atoms with Crippen molar-refractivity contribution in [2.75, 3.05) is 5.32 Å². The van der Waals surface area contributed by atoms with Crippen molar-refractivity contribution in [1.29, 1.82) is 0 Å². The van der Waals surface area contributed by atoms with E-state index in [0.717, 1.165) is 12.1 Å². The van der Waals surface area contributed by atoms with Crippen molar-refractivity contribution in [3.05, 3.63) is 29.3 Å². The predicted octanol–water partition coefficient (Wildman–Crippen LogP) is 2.93. The number of carbonyl (C=O) groups excluding carboxylic acids is 1. The highest BCUT2D eigenvalue weighted by Gasteiger charge is 2.38. The van der Waals surface area contributed by atoms with Gasteiger partial charge in [-0.15, -0.1) is 0 Å². The van der Waals surface area contributed by atoms with E-state index in [1.807, 2.05) is 12.1 Å². The molecule has 2 atom stereocenters. The Kier molecular flexibility index (Phi) is 2.46. The van der Waals surface area contributed by atoms with Crippen LogP contribution in [0, 0.1) is 11.8 Å². The molecule has 0 unspecified atom stereocenters. The molecule has 0 heterocycles. The molecule has 1 amide bonds. The number of amides is 1. The number of hydrogen-bond acceptors (Lipinski definition) is 1. The van der Waals surface area contributed by atoms with E-state index in [2.05, 4.69) is 12.2 Å². The van der Waals surface area contributed by atoms with Gasteiger partial charge in [-0.3, -0.25) is 4.79 Å². The van der Waals surface area contributed by atoms with Gasteiger partial charge in [0.1, 0.15) is 0 Å². The molecule has 1 aromatic rings. The van der Waals surface area contributed by atoms with Crippen molar-refractivity contribution >= 4 is 23.2 Å². The monoisotopic (exact) mass is 209 g/mol. The third-order valence-corrected chi connectivity index (χ3v) is 2.77. The Labute approximate surface area is 88.3 Å². The molecular weight excluding hydrogens is 198 g/mol. The minimum absolute atomic E-state index is 0.111. The average Bonchev–Trinajstić information content (AvgIpc) is 2.82. The molecule has 1 aliphatic rings. The van der Waals surface area contributed by atoms with Crippen molar-refractivity contribution in [3.63, 3.8) is 0 Å². The van der Waals surface area contributed by atoms with E-state index in [4.69, 9.17) is 11.6 Å². The fourth-order valence-corrected chi connectivity index (χ4v) is 1.68. The molecule has 1 saturated carbocycles. The average molecular weight is 210 g/mol. The molecular formula is C11H12ClNO. The molecule has 0 radical (unpaired) electrons. The summed E-state index contributed by atoms with van der Waals surface area (Å²) in [6.07, 6.45) is 1.01. The second-order valence-corrected chi connectivity index (χ2v) is 4.26. The van der Waals surface area contributed by atoms with Gasteiger partial charge in [0.05, 0.1) is 0 Å². The van der Waals surface area contributed by atoms with Gasteiger partial charge in [-0.05, 0) is 30.5 Å². The number of carbonyl (C=O) groups is 1. The third-order valence-electron chi connectivity index (χ3n) is 2.54. The smallest absolute Gasteiger partial charge is 0.227 e. The van der Waals surface area contributed by atoms with Gasteiger partial charge in [0, 0.05) is 16.6 Å². The minimum Gasteiger partial charge on any atom is -0.326 e. The summed E-state index contributed by atoms with van der Waals surface area (Å²) < 4.78 is 0. The van der Waals surface area contributed by atoms with Gasteiger partial charge in [-0.1, -0.05) is 24.6 Å². The Morgan fingerprint density at radius 3 is 2.86 bits per heavy atom. The summed E-state index contributed by atoms with van der Waals surface area (Å²) in [5.74, 6) is 0.850. The molecule has 1 N–H and O–H groups in total. The van der Waals surface area contributed by atoms with Gasteiger partial charge in [-0.2, -0.15) is 0 Å². The molecule has 0 saturated heterocycles. The summed E-state index contributed by atoms with van der Waals surface area (Å²) in [4.78, 5) is 11.5. The quantitative estimate of drug-likeness (QED) is 0.797. The van der Waals surface area contributed by atoms with Gasteiger partial charge < -0.3 is 5.32 Å². The molecule has 0 aromatic heterocycles. The lowest BCUT2D eigenvalue weighted by Crippen LogP contribution is -2.14. The van der Waals surface area contributed by atoms with E-state index in [0.29, 0.717) is 10.9 Å². The molecule has 74 valence electrons. The number of rotatable bonds is 2. The van der Waals surface area contributed by atoms with Gasteiger partial charge >= 0.3 is 0 Å². The van der Waals surface area contributed by atoms with E-state index in [9.17, 15) is 4.79 Å². The molecule has 1 aliphatic carbocycles. The Morgan fingerprint density at radius 1 is 1.57 bits per heavy atom. The van der Waals surface area contributed by atoms with Crippen LogP contribution in [0.15, 0.2) is 24.3 Å². The molecule has 2 nitrogen and oxygen atoms in total. The second-order valence-electron chi connectivity index (χ2n) is 3.82. The van der Waals surface area contributed by atoms with Gasteiger partial charge in [0.2, 0.25) is 5.91 Å². The maximum atomic E-state index is 11.5. The zero-order valence-corrected chi connectivity index (χ0v) is 8.71. The number of benzene rings is 1. The topological polar surface area (TPSA) is 29.1 Å². The molecule has 1 aromatic carbocycles. The Hall–Kier alpha value is -1.02. The molecule has 0 bridgehead atoms. The summed E-state index contributed by atoms with van der Waals surface area (Å²) in [7, 11) is 0. The maximum Gasteiger partial charge on any atom is 0.227 e. The summed E-state index contributed by atoms with van der Waals surface area (Å²) in [5.41, 5.74) is 0.779. The van der Waals surface area contributed by atoms with Crippen LogP contribution in [0.3, 0.4) is 0 Å². The van der Waals surface area contributed by atoms with E-state index in [-0.39, 0.29) is 11.8 Å². The number of anilines is 1. The fraction of sp³-hybridized carbons (Fsp3) is 0.364. The van der Waals surface area contributed by atoms with Crippen molar-refractivity contribution in [1.82, 2.24) is 0 Å². The predicted molar refractivity (Wildman–Crippen MR) is 57.4 cm³/mol. The standard InChI is InChI=1S/C11H12ClNO/c1-7-5-10(7)11(14)13-9-4-2-3-8(12)6-9/h2-4,6-7,10H,5H2,1H3,(H,13,14)/t7-,10+/m0/s1. The summed E-state index contributed by atoms with van der Waals surface area (Å²) in [6.45, 7) is 2.09. The molecule has 0 spiro atoms. The molecule has 0 aliphatic heterocycles. The van der Waals surface area contributed by atoms with E-state index in [1.54, 1.807) is 12.1 Å². The third kappa shape index (κ3) is 2.07. The highest BCUT2D eigenvalue weighted by atomic mass is 35.5. The van der Waals surface area contributed by atoms with Gasteiger partial charge in [0.15, 0.2) is 0 Å². The van der Waals surface area contributed by atoms with Crippen LogP contribution < -0.4 is 5.32 Å². The summed E-state index contributed by atoms with van der Waals surface area (Å²) in [5, 5.41) is 3.50. The lowest BCUT2D eigenvalue weighted by Gasteiger charge is -2.04. The van der Waals surface area contributed by atoms with Crippen LogP contribution in [-0.2, 0) is 4.79 Å². The SMILES string of the molecule is C[C@H]1C[C@H]1C(=O)Nc1cccc(Cl)c1. The lowest BCUT2D eigenvalue weighted by molar-refractivity contribution is -0.117. The normalized spacial score (nSPS) is 24.4. The highest BCUT2D eigenvalue weighted by Crippen LogP contribution is 2.38. The number of hydrogen-bond donors (Lipinski definition) is 1. The molecule has 1 fully saturated rings. The Morgan fingerprint density at radius 2 is 2.29 bits per heavy atom. The van der Waals surface area contributed by atoms with Crippen LogP contribution in [0.4, 0.5) is 5.69 Å². The van der Waals surface area contributed by atoms with Crippen molar-refractivity contribution < 1.29 is 4.79 Å². The van der Waals surface area contributed by atoms with E-state index < -0.39 is 0 Å². The summed E-state index contributed by atoms with van der Waals surface area (Å²) in [6, 6.07) is 7.22. The second kappa shape index (κ2) is 3.62. The van der Waals surface area contributed by atoms with Crippen LogP contribution >= 0.6 is 11.6 Å². The molecule has 2 rings (SSSR count). The first kappa shape index (κ1) is 9.53. The zero-order chi connectivity index (χ0) is 10.1. The number of halogens is 1. The van der Waals surface area contributed by atoms with E-state index >= 15 is 0 Å². The van der Waals surface area contributed by atoms with Crippen molar-refractivity contribution in [3.8, 4) is 0 Å². The summed E-state index contributed by atoms with van der Waals surface area (Å²) >= 11 is 5.80. The first-order chi connectivity index (χ1) is 6.66. The Bertz CT molecular complexity index is 364. The molecule has 3 heteroatoms. The molecule has 14 heavy (non-hydrogen) atoms. The highest BCUT2D eigenvalue weighted by molar-refractivity contribution is 6.30. The first-order valence-corrected chi connectivity index (χ1v) is 5.11. The first-order valence-electron chi connectivity index (χ1n) is 4.73. The van der Waals surface area contributed by atoms with Crippen LogP contribution in [0.2, 0.25) is 5.02 Å². The van der Waals surface area contributed by atoms with Crippen LogP contribution in [0.5, 0.6) is 0 Å². The maximum absolute atomic E-state index is 11.5.